The highest BCUT2D eigenvalue weighted by Gasteiger charge is 2.29. The van der Waals surface area contributed by atoms with E-state index in [-0.39, 0.29) is 6.90 Å². The maximum Gasteiger partial charge on any atom is 0.416 e. The van der Waals surface area contributed by atoms with E-state index in [4.69, 9.17) is 1.37 Å². The lowest BCUT2D eigenvalue weighted by molar-refractivity contribution is -0.137. The fraction of sp³-hybridized carbons (Fsp3) is 0.250. The molecule has 0 amide bonds. The van der Waals surface area contributed by atoms with Crippen molar-refractivity contribution in [3.8, 4) is 0 Å². The van der Waals surface area contributed by atoms with Crippen molar-refractivity contribution >= 4 is 0 Å². The topological polar surface area (TPSA) is 0 Å². The standard InChI is InChI=1S/C8H7F3/c1-6-3-2-4-7(5-6)8(9,10)11/h2-5H,1H3/i1D. The molecule has 0 aliphatic rings. The summed E-state index contributed by atoms with van der Waals surface area (Å²) in [7, 11) is 0. The second-order valence-electron chi connectivity index (χ2n) is 2.20. The van der Waals surface area contributed by atoms with Crippen LogP contribution in [0.15, 0.2) is 24.3 Å². The molecule has 0 bridgehead atoms. The highest BCUT2D eigenvalue weighted by atomic mass is 19.4. The molecule has 60 valence electrons. The lowest BCUT2D eigenvalue weighted by Gasteiger charge is -2.05. The van der Waals surface area contributed by atoms with Crippen LogP contribution in [0.3, 0.4) is 0 Å². The van der Waals surface area contributed by atoms with Crippen LogP contribution in [0.1, 0.15) is 12.5 Å². The zero-order valence-electron chi connectivity index (χ0n) is 6.65. The van der Waals surface area contributed by atoms with Crippen LogP contribution in [0.2, 0.25) is 0 Å². The first-order valence-corrected chi connectivity index (χ1v) is 2.99. The van der Waals surface area contributed by atoms with Gasteiger partial charge in [-0.1, -0.05) is 23.8 Å². The van der Waals surface area contributed by atoms with E-state index >= 15 is 0 Å². The van der Waals surface area contributed by atoms with E-state index < -0.39 is 11.7 Å². The number of halogens is 3. The third-order valence-electron chi connectivity index (χ3n) is 1.25. The molecule has 0 heterocycles. The summed E-state index contributed by atoms with van der Waals surface area (Å²) in [6.45, 7) is -0.121. The van der Waals surface area contributed by atoms with Crippen LogP contribution in [-0.4, -0.2) is 0 Å². The minimum Gasteiger partial charge on any atom is -0.166 e. The number of rotatable bonds is 0. The van der Waals surface area contributed by atoms with Crippen molar-refractivity contribution in [2.75, 3.05) is 0 Å². The Balaban J connectivity index is 3.02. The molecule has 0 aliphatic heterocycles. The second kappa shape index (κ2) is 2.57. The monoisotopic (exact) mass is 161 g/mol. The fourth-order valence-electron chi connectivity index (χ4n) is 0.748. The van der Waals surface area contributed by atoms with Gasteiger partial charge in [-0.05, 0) is 13.0 Å². The summed E-state index contributed by atoms with van der Waals surface area (Å²) < 4.78 is 43.0. The van der Waals surface area contributed by atoms with Crippen LogP contribution in [0.25, 0.3) is 0 Å². The van der Waals surface area contributed by atoms with Gasteiger partial charge in [0.05, 0.1) is 5.56 Å². The van der Waals surface area contributed by atoms with Crippen LogP contribution in [0.4, 0.5) is 13.2 Å². The third kappa shape index (κ3) is 1.97. The molecule has 0 unspecified atom stereocenters. The van der Waals surface area contributed by atoms with E-state index in [1.54, 1.807) is 0 Å². The van der Waals surface area contributed by atoms with E-state index in [9.17, 15) is 13.2 Å². The van der Waals surface area contributed by atoms with Crippen LogP contribution in [0, 0.1) is 6.90 Å². The average molecular weight is 161 g/mol. The van der Waals surface area contributed by atoms with Gasteiger partial charge in [0.25, 0.3) is 0 Å². The van der Waals surface area contributed by atoms with E-state index in [1.165, 1.54) is 12.1 Å². The molecule has 1 aromatic rings. The van der Waals surface area contributed by atoms with Crippen LogP contribution in [0.5, 0.6) is 0 Å². The number of benzene rings is 1. The molecule has 3 heteroatoms. The Kier molecular flexibility index (Phi) is 1.56. The first-order chi connectivity index (χ1) is 5.54. The molecule has 0 fully saturated rings. The van der Waals surface area contributed by atoms with E-state index in [0.29, 0.717) is 5.56 Å². The van der Waals surface area contributed by atoms with Gasteiger partial charge < -0.3 is 0 Å². The minimum atomic E-state index is -4.30. The predicted octanol–water partition coefficient (Wildman–Crippen LogP) is 3.01. The molecule has 0 saturated heterocycles. The van der Waals surface area contributed by atoms with Crippen molar-refractivity contribution in [1.29, 1.82) is 0 Å². The Morgan fingerprint density at radius 3 is 2.64 bits per heavy atom. The van der Waals surface area contributed by atoms with Gasteiger partial charge in [0.2, 0.25) is 0 Å². The van der Waals surface area contributed by atoms with Gasteiger partial charge in [0, 0.05) is 1.37 Å². The van der Waals surface area contributed by atoms with Crippen molar-refractivity contribution in [1.82, 2.24) is 0 Å². The van der Waals surface area contributed by atoms with Crippen LogP contribution < -0.4 is 0 Å². The van der Waals surface area contributed by atoms with Crippen molar-refractivity contribution in [2.45, 2.75) is 13.1 Å². The molecule has 0 spiro atoms. The molecular formula is C8H7F3. The highest BCUT2D eigenvalue weighted by molar-refractivity contribution is 5.24. The minimum absolute atomic E-state index is 0.121. The first kappa shape index (κ1) is 6.70. The van der Waals surface area contributed by atoms with E-state index in [1.807, 2.05) is 0 Å². The number of hydrogen-bond donors (Lipinski definition) is 0. The Hall–Kier alpha value is -0.990. The van der Waals surface area contributed by atoms with Gasteiger partial charge in [-0.3, -0.25) is 0 Å². The predicted molar refractivity (Wildman–Crippen MR) is 36.2 cm³/mol. The summed E-state index contributed by atoms with van der Waals surface area (Å²) in [5.74, 6) is 0. The van der Waals surface area contributed by atoms with Gasteiger partial charge in [0.15, 0.2) is 0 Å². The van der Waals surface area contributed by atoms with Gasteiger partial charge in [-0.15, -0.1) is 0 Å². The van der Waals surface area contributed by atoms with Crippen molar-refractivity contribution in [3.05, 3.63) is 35.4 Å². The van der Waals surface area contributed by atoms with Crippen molar-refractivity contribution in [2.24, 2.45) is 0 Å². The highest BCUT2D eigenvalue weighted by Crippen LogP contribution is 2.29. The molecule has 11 heavy (non-hydrogen) atoms. The summed E-state index contributed by atoms with van der Waals surface area (Å²) >= 11 is 0. The van der Waals surface area contributed by atoms with Crippen LogP contribution >= 0.6 is 0 Å². The van der Waals surface area contributed by atoms with Gasteiger partial charge in [-0.25, -0.2) is 0 Å². The number of alkyl halides is 3. The second-order valence-corrected chi connectivity index (χ2v) is 2.20. The third-order valence-corrected chi connectivity index (χ3v) is 1.25. The number of aryl methyl sites for hydroxylation is 1. The van der Waals surface area contributed by atoms with Crippen LogP contribution in [-0.2, 0) is 6.18 Å². The molecule has 0 aliphatic carbocycles. The summed E-state index contributed by atoms with van der Waals surface area (Å²) in [5.41, 5.74) is -0.308. The van der Waals surface area contributed by atoms with Gasteiger partial charge >= 0.3 is 6.18 Å². The molecule has 1 rings (SSSR count). The lowest BCUT2D eigenvalue weighted by Crippen LogP contribution is -2.04. The normalized spacial score (nSPS) is 12.8. The van der Waals surface area contributed by atoms with Gasteiger partial charge in [-0.2, -0.15) is 13.2 Å². The molecular weight excluding hydrogens is 153 g/mol. The maximum atomic E-state index is 12.0. The molecule has 0 atom stereocenters. The van der Waals surface area contributed by atoms with Gasteiger partial charge in [0.1, 0.15) is 0 Å². The van der Waals surface area contributed by atoms with E-state index in [0.717, 1.165) is 12.1 Å². The Morgan fingerprint density at radius 1 is 1.36 bits per heavy atom. The van der Waals surface area contributed by atoms with Crippen molar-refractivity contribution in [3.63, 3.8) is 0 Å². The molecule has 0 aromatic heterocycles. The zero-order valence-corrected chi connectivity index (χ0v) is 5.65. The summed E-state index contributed by atoms with van der Waals surface area (Å²) in [6.07, 6.45) is -4.30. The molecule has 1 aromatic carbocycles. The molecule has 0 N–H and O–H groups in total. The Morgan fingerprint density at radius 2 is 2.09 bits per heavy atom. The zero-order chi connectivity index (χ0) is 9.19. The van der Waals surface area contributed by atoms with Crippen molar-refractivity contribution < 1.29 is 14.5 Å². The maximum absolute atomic E-state index is 12.0. The first-order valence-electron chi connectivity index (χ1n) is 3.70. The molecule has 0 radical (unpaired) electrons. The molecule has 0 nitrogen and oxygen atoms in total. The van der Waals surface area contributed by atoms with E-state index in [2.05, 4.69) is 0 Å². The molecule has 0 saturated carbocycles. The Bertz CT molecular complexity index is 267. The number of hydrogen-bond acceptors (Lipinski definition) is 0. The summed E-state index contributed by atoms with van der Waals surface area (Å²) in [5, 5.41) is 0. The summed E-state index contributed by atoms with van der Waals surface area (Å²) in [4.78, 5) is 0. The summed E-state index contributed by atoms with van der Waals surface area (Å²) in [6, 6.07) is 4.81. The SMILES string of the molecule is [2H]Cc1cccc(C(F)(F)F)c1. The average Bonchev–Trinajstić information content (AvgIpc) is 2.03. The lowest BCUT2D eigenvalue weighted by atomic mass is 10.1. The smallest absolute Gasteiger partial charge is 0.166 e. The fourth-order valence-corrected chi connectivity index (χ4v) is 0.748. The quantitative estimate of drug-likeness (QED) is 0.548. The largest absolute Gasteiger partial charge is 0.416 e. The Labute approximate surface area is 64.1 Å².